The summed E-state index contributed by atoms with van der Waals surface area (Å²) < 4.78 is 10.6. The van der Waals surface area contributed by atoms with E-state index in [9.17, 15) is 0 Å². The molecule has 0 atom stereocenters. The van der Waals surface area contributed by atoms with Crippen LogP contribution < -0.4 is 4.74 Å². The van der Waals surface area contributed by atoms with Crippen LogP contribution in [-0.2, 0) is 4.74 Å². The van der Waals surface area contributed by atoms with Crippen molar-refractivity contribution < 1.29 is 9.47 Å². The molecule has 0 saturated heterocycles. The summed E-state index contributed by atoms with van der Waals surface area (Å²) in [7, 11) is 0. The van der Waals surface area contributed by atoms with Gasteiger partial charge in [0.15, 0.2) is 0 Å². The fraction of sp³-hybridized carbons (Fsp3) is 0.417. The molecule has 0 heterocycles. The van der Waals surface area contributed by atoms with Crippen molar-refractivity contribution in [2.24, 2.45) is 0 Å². The van der Waals surface area contributed by atoms with Gasteiger partial charge in [-0.25, -0.2) is 0 Å². The molecule has 1 aromatic carbocycles. The third-order valence-electron chi connectivity index (χ3n) is 1.97. The first-order valence-corrected chi connectivity index (χ1v) is 5.14. The van der Waals surface area contributed by atoms with Crippen LogP contribution in [0, 0.1) is 12.3 Å². The molecule has 0 aliphatic carbocycles. The van der Waals surface area contributed by atoms with Gasteiger partial charge in [0, 0.05) is 0 Å². The lowest BCUT2D eigenvalue weighted by atomic mass is 10.1. The molecule has 0 unspecified atom stereocenters. The summed E-state index contributed by atoms with van der Waals surface area (Å²) in [6.45, 7) is 6.87. The van der Waals surface area contributed by atoms with Gasteiger partial charge in [-0.3, -0.25) is 5.41 Å². The number of hydrogen-bond donors (Lipinski definition) is 1. The average molecular weight is 207 g/mol. The summed E-state index contributed by atoms with van der Waals surface area (Å²) in [6, 6.07) is 5.75. The minimum atomic E-state index is 0.171. The summed E-state index contributed by atoms with van der Waals surface area (Å²) in [5.74, 6) is 0.881. The number of ether oxygens (including phenoxy) is 2. The van der Waals surface area contributed by atoms with E-state index in [-0.39, 0.29) is 5.90 Å². The number of rotatable bonds is 4. The smallest absolute Gasteiger partial charge is 0.217 e. The summed E-state index contributed by atoms with van der Waals surface area (Å²) in [5.41, 5.74) is 1.82. The maximum atomic E-state index is 7.74. The van der Waals surface area contributed by atoms with Gasteiger partial charge in [-0.15, -0.1) is 0 Å². The highest BCUT2D eigenvalue weighted by atomic mass is 16.5. The maximum absolute atomic E-state index is 7.74. The zero-order valence-electron chi connectivity index (χ0n) is 9.46. The fourth-order valence-corrected chi connectivity index (χ4v) is 1.32. The highest BCUT2D eigenvalue weighted by Gasteiger charge is 2.09. The molecule has 3 nitrogen and oxygen atoms in total. The van der Waals surface area contributed by atoms with Crippen LogP contribution >= 0.6 is 0 Å². The van der Waals surface area contributed by atoms with Crippen LogP contribution in [0.3, 0.4) is 0 Å². The van der Waals surface area contributed by atoms with Gasteiger partial charge >= 0.3 is 0 Å². The Bertz CT molecular complexity index is 347. The molecule has 1 N–H and O–H groups in total. The molecule has 3 heteroatoms. The minimum Gasteiger partial charge on any atom is -0.493 e. The number of benzene rings is 1. The Kier molecular flexibility index (Phi) is 4.16. The molecule has 82 valence electrons. The van der Waals surface area contributed by atoms with Gasteiger partial charge in [-0.05, 0) is 32.9 Å². The Hall–Kier alpha value is -1.51. The maximum Gasteiger partial charge on any atom is 0.217 e. The van der Waals surface area contributed by atoms with Crippen molar-refractivity contribution in [1.29, 1.82) is 5.41 Å². The molecule has 1 rings (SSSR count). The zero-order chi connectivity index (χ0) is 11.3. The summed E-state index contributed by atoms with van der Waals surface area (Å²) in [5, 5.41) is 7.74. The molecule has 0 aromatic heterocycles. The van der Waals surface area contributed by atoms with Gasteiger partial charge in [0.2, 0.25) is 5.90 Å². The number of aryl methyl sites for hydroxylation is 1. The van der Waals surface area contributed by atoms with Crippen LogP contribution in [0.15, 0.2) is 18.2 Å². The summed E-state index contributed by atoms with van der Waals surface area (Å²) in [4.78, 5) is 0. The first-order chi connectivity index (χ1) is 7.19. The molecule has 0 radical (unpaired) electrons. The highest BCUT2D eigenvalue weighted by molar-refractivity contribution is 5.94. The van der Waals surface area contributed by atoms with Crippen molar-refractivity contribution in [2.75, 3.05) is 13.2 Å². The predicted molar refractivity (Wildman–Crippen MR) is 60.8 cm³/mol. The second-order valence-corrected chi connectivity index (χ2v) is 3.19. The molecule has 0 aliphatic rings. The third-order valence-corrected chi connectivity index (χ3v) is 1.97. The van der Waals surface area contributed by atoms with E-state index >= 15 is 0 Å². The zero-order valence-corrected chi connectivity index (χ0v) is 9.46. The quantitative estimate of drug-likeness (QED) is 0.609. The van der Waals surface area contributed by atoms with Crippen molar-refractivity contribution in [2.45, 2.75) is 20.8 Å². The summed E-state index contributed by atoms with van der Waals surface area (Å²) >= 11 is 0. The van der Waals surface area contributed by atoms with Crippen LogP contribution in [0.1, 0.15) is 25.0 Å². The molecular weight excluding hydrogens is 190 g/mol. The second-order valence-electron chi connectivity index (χ2n) is 3.19. The molecule has 0 saturated carbocycles. The molecule has 1 aromatic rings. The third kappa shape index (κ3) is 2.98. The largest absolute Gasteiger partial charge is 0.493 e. The van der Waals surface area contributed by atoms with Gasteiger partial charge in [-0.1, -0.05) is 11.6 Å². The molecule has 0 fully saturated rings. The van der Waals surface area contributed by atoms with E-state index in [4.69, 9.17) is 14.9 Å². The normalized spacial score (nSPS) is 9.80. The Morgan fingerprint density at radius 3 is 2.60 bits per heavy atom. The monoisotopic (exact) mass is 207 g/mol. The van der Waals surface area contributed by atoms with E-state index in [1.54, 1.807) is 0 Å². The number of nitrogens with one attached hydrogen (secondary N) is 1. The molecule has 15 heavy (non-hydrogen) atoms. The number of hydrogen-bond acceptors (Lipinski definition) is 3. The molecule has 0 bridgehead atoms. The Morgan fingerprint density at radius 2 is 2.00 bits per heavy atom. The van der Waals surface area contributed by atoms with E-state index < -0.39 is 0 Å². The molecule has 0 spiro atoms. The van der Waals surface area contributed by atoms with Crippen LogP contribution in [0.5, 0.6) is 5.75 Å². The van der Waals surface area contributed by atoms with Gasteiger partial charge in [0.25, 0.3) is 0 Å². The van der Waals surface area contributed by atoms with E-state index in [0.717, 1.165) is 11.1 Å². The fourth-order valence-electron chi connectivity index (χ4n) is 1.32. The SMILES string of the molecule is CCOC(=N)c1cc(C)ccc1OCC. The van der Waals surface area contributed by atoms with Gasteiger partial charge in [-0.2, -0.15) is 0 Å². The standard InChI is InChI=1S/C12H17NO2/c1-4-14-11-7-6-9(3)8-10(11)12(13)15-5-2/h6-8,13H,4-5H2,1-3H3. The lowest BCUT2D eigenvalue weighted by Crippen LogP contribution is -2.08. The molecule has 0 aliphatic heterocycles. The van der Waals surface area contributed by atoms with Crippen molar-refractivity contribution in [3.05, 3.63) is 29.3 Å². The minimum absolute atomic E-state index is 0.171. The summed E-state index contributed by atoms with van der Waals surface area (Å²) in [6.07, 6.45) is 0. The first-order valence-electron chi connectivity index (χ1n) is 5.14. The molecule has 0 amide bonds. The van der Waals surface area contributed by atoms with Gasteiger partial charge in [0.05, 0.1) is 18.8 Å². The van der Waals surface area contributed by atoms with Gasteiger partial charge in [0.1, 0.15) is 5.75 Å². The second kappa shape index (κ2) is 5.39. The van der Waals surface area contributed by atoms with Crippen LogP contribution in [0.4, 0.5) is 0 Å². The van der Waals surface area contributed by atoms with E-state index in [1.165, 1.54) is 0 Å². The highest BCUT2D eigenvalue weighted by Crippen LogP contribution is 2.20. The predicted octanol–water partition coefficient (Wildman–Crippen LogP) is 2.76. The van der Waals surface area contributed by atoms with E-state index in [0.29, 0.717) is 19.0 Å². The lowest BCUT2D eigenvalue weighted by molar-refractivity contribution is 0.315. The van der Waals surface area contributed by atoms with Gasteiger partial charge < -0.3 is 9.47 Å². The average Bonchev–Trinajstić information content (AvgIpc) is 2.21. The Labute approximate surface area is 90.5 Å². The van der Waals surface area contributed by atoms with Crippen LogP contribution in [-0.4, -0.2) is 19.1 Å². The lowest BCUT2D eigenvalue weighted by Gasteiger charge is -2.11. The Morgan fingerprint density at radius 1 is 1.27 bits per heavy atom. The van der Waals surface area contributed by atoms with Crippen molar-refractivity contribution in [1.82, 2.24) is 0 Å². The van der Waals surface area contributed by atoms with Crippen molar-refractivity contribution in [3.63, 3.8) is 0 Å². The van der Waals surface area contributed by atoms with E-state index in [2.05, 4.69) is 0 Å². The Balaban J connectivity index is 3.00. The van der Waals surface area contributed by atoms with Crippen LogP contribution in [0.2, 0.25) is 0 Å². The first kappa shape index (κ1) is 11.6. The topological polar surface area (TPSA) is 42.3 Å². The molecular formula is C12H17NO2. The van der Waals surface area contributed by atoms with Crippen LogP contribution in [0.25, 0.3) is 0 Å². The van der Waals surface area contributed by atoms with E-state index in [1.807, 2.05) is 39.0 Å². The van der Waals surface area contributed by atoms with Crippen molar-refractivity contribution >= 4 is 5.90 Å². The van der Waals surface area contributed by atoms with Crippen molar-refractivity contribution in [3.8, 4) is 5.75 Å².